The van der Waals surface area contributed by atoms with Crippen molar-refractivity contribution in [2.45, 2.75) is 279 Å². The molecule has 0 aliphatic rings. The van der Waals surface area contributed by atoms with Crippen molar-refractivity contribution in [3.8, 4) is 0 Å². The van der Waals surface area contributed by atoms with Crippen LogP contribution in [0.25, 0.3) is 0 Å². The van der Waals surface area contributed by atoms with E-state index in [1.807, 2.05) is 0 Å². The summed E-state index contributed by atoms with van der Waals surface area (Å²) in [5.74, 6) is 1.57. The van der Waals surface area contributed by atoms with Crippen molar-refractivity contribution in [2.75, 3.05) is 13.2 Å². The van der Waals surface area contributed by atoms with E-state index in [4.69, 9.17) is 14.2 Å². The first-order valence-corrected chi connectivity index (χ1v) is 25.1. The second kappa shape index (κ2) is 42.5. The van der Waals surface area contributed by atoms with Gasteiger partial charge in [-0.25, -0.2) is 0 Å². The molecule has 6 nitrogen and oxygen atoms in total. The first-order chi connectivity index (χ1) is 27.6. The number of rotatable bonds is 44. The fourth-order valence-corrected chi connectivity index (χ4v) is 7.59. The quantitative estimate of drug-likeness (QED) is 0.0347. The zero-order valence-corrected chi connectivity index (χ0v) is 39.1. The summed E-state index contributed by atoms with van der Waals surface area (Å²) in [7, 11) is 0. The van der Waals surface area contributed by atoms with Gasteiger partial charge in [-0.1, -0.05) is 234 Å². The van der Waals surface area contributed by atoms with E-state index in [0.717, 1.165) is 75.5 Å². The minimum atomic E-state index is -0.762. The molecule has 0 saturated carbocycles. The topological polar surface area (TPSA) is 78.9 Å². The zero-order valence-electron chi connectivity index (χ0n) is 39.1. The highest BCUT2D eigenvalue weighted by Gasteiger charge is 2.19. The van der Waals surface area contributed by atoms with E-state index in [1.165, 1.54) is 154 Å². The van der Waals surface area contributed by atoms with Gasteiger partial charge in [0, 0.05) is 19.3 Å². The molecule has 0 heterocycles. The van der Waals surface area contributed by atoms with Gasteiger partial charge in [0.05, 0.1) is 0 Å². The predicted molar refractivity (Wildman–Crippen MR) is 243 cm³/mol. The molecule has 0 radical (unpaired) electrons. The molecule has 0 aliphatic carbocycles. The zero-order chi connectivity index (χ0) is 42.0. The predicted octanol–water partition coefficient (Wildman–Crippen LogP) is 16.0. The SMILES string of the molecule is CC(C)CCCCCCCCCCCCCCCCCC(=O)O[C@@H](COC(=O)CCCCCCCCCCC(C)C)COC(=O)CCCCCCCCCC(C)C. The van der Waals surface area contributed by atoms with Crippen molar-refractivity contribution in [3.63, 3.8) is 0 Å². The van der Waals surface area contributed by atoms with Crippen LogP contribution in [-0.4, -0.2) is 37.2 Å². The smallest absolute Gasteiger partial charge is 0.306 e. The highest BCUT2D eigenvalue weighted by Crippen LogP contribution is 2.17. The largest absolute Gasteiger partial charge is 0.462 e. The van der Waals surface area contributed by atoms with Gasteiger partial charge in [0.15, 0.2) is 6.10 Å². The molecule has 0 spiro atoms. The van der Waals surface area contributed by atoms with Crippen LogP contribution in [0.1, 0.15) is 273 Å². The van der Waals surface area contributed by atoms with Gasteiger partial charge in [-0.05, 0) is 37.0 Å². The van der Waals surface area contributed by atoms with Gasteiger partial charge in [0.25, 0.3) is 0 Å². The summed E-state index contributed by atoms with van der Waals surface area (Å²) < 4.78 is 16.8. The van der Waals surface area contributed by atoms with E-state index in [1.54, 1.807) is 0 Å². The normalized spacial score (nSPS) is 12.2. The van der Waals surface area contributed by atoms with Crippen LogP contribution in [0.4, 0.5) is 0 Å². The first-order valence-electron chi connectivity index (χ1n) is 25.1. The highest BCUT2D eigenvalue weighted by molar-refractivity contribution is 5.71. The molecule has 0 N–H and O–H groups in total. The fraction of sp³-hybridized carbons (Fsp3) is 0.941. The van der Waals surface area contributed by atoms with Crippen molar-refractivity contribution in [1.29, 1.82) is 0 Å². The third-order valence-electron chi connectivity index (χ3n) is 11.4. The number of esters is 3. The lowest BCUT2D eigenvalue weighted by Gasteiger charge is -2.18. The molecule has 0 aliphatic heterocycles. The van der Waals surface area contributed by atoms with Crippen molar-refractivity contribution >= 4 is 17.9 Å². The highest BCUT2D eigenvalue weighted by atomic mass is 16.6. The molecule has 0 amide bonds. The Labute approximate surface area is 355 Å². The molecule has 1 atom stereocenters. The second-order valence-corrected chi connectivity index (χ2v) is 18.9. The Morgan fingerprint density at radius 1 is 0.298 bits per heavy atom. The first kappa shape index (κ1) is 55.4. The maximum atomic E-state index is 12.8. The summed E-state index contributed by atoms with van der Waals surface area (Å²) in [6.45, 7) is 13.6. The monoisotopic (exact) mass is 807 g/mol. The van der Waals surface area contributed by atoms with Gasteiger partial charge < -0.3 is 14.2 Å². The lowest BCUT2D eigenvalue weighted by atomic mass is 10.0. The molecule has 0 aromatic carbocycles. The summed E-state index contributed by atoms with van der Waals surface area (Å²) in [6.07, 6.45) is 41.0. The van der Waals surface area contributed by atoms with Crippen molar-refractivity contribution < 1.29 is 28.6 Å². The van der Waals surface area contributed by atoms with Crippen LogP contribution in [0.2, 0.25) is 0 Å². The Morgan fingerprint density at radius 3 is 0.754 bits per heavy atom. The molecular weight excluding hydrogens is 709 g/mol. The molecule has 6 heteroatoms. The third kappa shape index (κ3) is 45.3. The molecule has 0 unspecified atom stereocenters. The maximum absolute atomic E-state index is 12.8. The molecule has 0 aromatic heterocycles. The molecule has 0 fully saturated rings. The number of carbonyl (C=O) groups excluding carboxylic acids is 3. The average Bonchev–Trinajstić information content (AvgIpc) is 3.16. The Morgan fingerprint density at radius 2 is 0.509 bits per heavy atom. The van der Waals surface area contributed by atoms with E-state index in [0.29, 0.717) is 19.3 Å². The standard InChI is InChI=1S/C51H98O6/c1-45(2)37-31-25-19-14-12-10-8-7-9-11-13-15-23-30-36-42-51(54)57-48(44-56-50(53)41-35-29-24-18-21-27-33-39-47(5)6)43-55-49(52)40-34-28-22-17-16-20-26-32-38-46(3)4/h45-48H,7-44H2,1-6H3/t48-/m0/s1. The molecule has 0 rings (SSSR count). The number of ether oxygens (including phenoxy) is 3. The van der Waals surface area contributed by atoms with Crippen LogP contribution in [0.15, 0.2) is 0 Å². The van der Waals surface area contributed by atoms with Gasteiger partial charge in [0.1, 0.15) is 13.2 Å². The van der Waals surface area contributed by atoms with Gasteiger partial charge in [0.2, 0.25) is 0 Å². The van der Waals surface area contributed by atoms with Gasteiger partial charge in [-0.3, -0.25) is 14.4 Å². The molecule has 338 valence electrons. The van der Waals surface area contributed by atoms with E-state index >= 15 is 0 Å². The Kier molecular flexibility index (Phi) is 41.3. The maximum Gasteiger partial charge on any atom is 0.306 e. The third-order valence-corrected chi connectivity index (χ3v) is 11.4. The lowest BCUT2D eigenvalue weighted by molar-refractivity contribution is -0.167. The summed E-state index contributed by atoms with van der Waals surface area (Å²) in [5, 5.41) is 0. The second-order valence-electron chi connectivity index (χ2n) is 18.9. The Hall–Kier alpha value is -1.59. The molecule has 0 saturated heterocycles. The van der Waals surface area contributed by atoms with Crippen molar-refractivity contribution in [2.24, 2.45) is 17.8 Å². The Balaban J connectivity index is 4.27. The molecule has 0 bridgehead atoms. The Bertz CT molecular complexity index is 883. The average molecular weight is 807 g/mol. The molecule has 0 aromatic rings. The molecule has 57 heavy (non-hydrogen) atoms. The number of hydrogen-bond donors (Lipinski definition) is 0. The fourth-order valence-electron chi connectivity index (χ4n) is 7.59. The van der Waals surface area contributed by atoms with E-state index in [2.05, 4.69) is 41.5 Å². The minimum absolute atomic E-state index is 0.0660. The van der Waals surface area contributed by atoms with E-state index in [-0.39, 0.29) is 31.1 Å². The summed E-state index contributed by atoms with van der Waals surface area (Å²) in [4.78, 5) is 37.8. The van der Waals surface area contributed by atoms with Gasteiger partial charge in [-0.15, -0.1) is 0 Å². The van der Waals surface area contributed by atoms with Crippen LogP contribution in [-0.2, 0) is 28.6 Å². The van der Waals surface area contributed by atoms with Crippen molar-refractivity contribution in [1.82, 2.24) is 0 Å². The van der Waals surface area contributed by atoms with Crippen molar-refractivity contribution in [3.05, 3.63) is 0 Å². The van der Waals surface area contributed by atoms with Gasteiger partial charge >= 0.3 is 17.9 Å². The van der Waals surface area contributed by atoms with Gasteiger partial charge in [-0.2, -0.15) is 0 Å². The summed E-state index contributed by atoms with van der Waals surface area (Å²) >= 11 is 0. The van der Waals surface area contributed by atoms with Crippen LogP contribution >= 0.6 is 0 Å². The number of hydrogen-bond acceptors (Lipinski definition) is 6. The summed E-state index contributed by atoms with van der Waals surface area (Å²) in [6, 6.07) is 0. The van der Waals surface area contributed by atoms with E-state index < -0.39 is 6.10 Å². The van der Waals surface area contributed by atoms with Crippen LogP contribution in [0, 0.1) is 17.8 Å². The van der Waals surface area contributed by atoms with Crippen LogP contribution in [0.5, 0.6) is 0 Å². The number of unbranched alkanes of at least 4 members (excludes halogenated alkanes) is 27. The molecular formula is C51H98O6. The number of carbonyl (C=O) groups is 3. The van der Waals surface area contributed by atoms with Crippen LogP contribution in [0.3, 0.4) is 0 Å². The lowest BCUT2D eigenvalue weighted by Crippen LogP contribution is -2.30. The van der Waals surface area contributed by atoms with Crippen LogP contribution < -0.4 is 0 Å². The summed E-state index contributed by atoms with van der Waals surface area (Å²) in [5.41, 5.74) is 0. The van der Waals surface area contributed by atoms with E-state index in [9.17, 15) is 14.4 Å². The minimum Gasteiger partial charge on any atom is -0.462 e.